The minimum atomic E-state index is -3.63. The number of nitrogens with one attached hydrogen (secondary N) is 1. The summed E-state index contributed by atoms with van der Waals surface area (Å²) in [5.41, 5.74) is 2.44. The molecular weight excluding hydrogens is 448 g/mol. The number of likely N-dealkylation sites (tertiary alicyclic amines) is 1. The summed E-state index contributed by atoms with van der Waals surface area (Å²) in [6.07, 6.45) is 3.46. The molecule has 180 valence electrons. The van der Waals surface area contributed by atoms with Gasteiger partial charge in [-0.15, -0.1) is 0 Å². The van der Waals surface area contributed by atoms with Crippen molar-refractivity contribution >= 4 is 21.6 Å². The van der Waals surface area contributed by atoms with Crippen LogP contribution >= 0.6 is 0 Å². The van der Waals surface area contributed by atoms with Crippen LogP contribution in [0.5, 0.6) is 0 Å². The van der Waals surface area contributed by atoms with Crippen molar-refractivity contribution in [2.75, 3.05) is 31.5 Å². The Balaban J connectivity index is 1.27. The molecule has 0 radical (unpaired) electrons. The van der Waals surface area contributed by atoms with Gasteiger partial charge in [-0.25, -0.2) is 8.42 Å². The first kappa shape index (κ1) is 24.4. The Hall–Kier alpha value is -2.73. The van der Waals surface area contributed by atoms with E-state index in [1.54, 1.807) is 0 Å². The van der Waals surface area contributed by atoms with Gasteiger partial charge < -0.3 is 5.32 Å². The molecule has 0 aliphatic carbocycles. The number of benzene rings is 2. The Bertz CT molecular complexity index is 1120. The average Bonchev–Trinajstić information content (AvgIpc) is 2.86. The zero-order valence-corrected chi connectivity index (χ0v) is 20.4. The van der Waals surface area contributed by atoms with Crippen molar-refractivity contribution in [2.45, 2.75) is 44.0 Å². The minimum absolute atomic E-state index is 0.0619. The molecule has 1 amide bonds. The van der Waals surface area contributed by atoms with Crippen LogP contribution in [0.3, 0.4) is 0 Å². The van der Waals surface area contributed by atoms with E-state index >= 15 is 0 Å². The van der Waals surface area contributed by atoms with Crippen LogP contribution in [0.2, 0.25) is 0 Å². The Morgan fingerprint density at radius 1 is 0.971 bits per heavy atom. The second-order valence-corrected chi connectivity index (χ2v) is 11.4. The summed E-state index contributed by atoms with van der Waals surface area (Å²) < 4.78 is 27.2. The number of carbonyl (C=O) groups is 1. The number of hydrogen-bond donors (Lipinski definition) is 1. The van der Waals surface area contributed by atoms with Gasteiger partial charge in [-0.3, -0.25) is 9.69 Å². The van der Waals surface area contributed by atoms with Crippen LogP contribution in [0.4, 0.5) is 5.69 Å². The van der Waals surface area contributed by atoms with Crippen molar-refractivity contribution in [3.63, 3.8) is 0 Å². The molecule has 1 N–H and O–H groups in total. The van der Waals surface area contributed by atoms with Gasteiger partial charge in [0.1, 0.15) is 0 Å². The third-order valence-corrected chi connectivity index (χ3v) is 8.86. The fourth-order valence-electron chi connectivity index (χ4n) is 4.63. The lowest BCUT2D eigenvalue weighted by molar-refractivity contribution is -0.120. The summed E-state index contributed by atoms with van der Waals surface area (Å²) in [6, 6.07) is 16.0. The number of nitrogens with zero attached hydrogens (tertiary/aromatic N) is 3. The molecule has 0 saturated carbocycles. The Labute approximate surface area is 202 Å². The second-order valence-electron chi connectivity index (χ2n) is 9.46. The molecule has 0 spiro atoms. The summed E-state index contributed by atoms with van der Waals surface area (Å²) in [5, 5.41) is 11.9. The summed E-state index contributed by atoms with van der Waals surface area (Å²) in [5.74, 6) is 0.535. The number of hydrogen-bond acceptors (Lipinski definition) is 5. The highest BCUT2D eigenvalue weighted by Gasteiger charge is 2.32. The van der Waals surface area contributed by atoms with Crippen molar-refractivity contribution in [1.29, 1.82) is 5.26 Å². The molecule has 2 aromatic rings. The van der Waals surface area contributed by atoms with Gasteiger partial charge in [0, 0.05) is 31.2 Å². The second kappa shape index (κ2) is 10.7. The molecule has 4 rings (SSSR count). The number of rotatable bonds is 6. The van der Waals surface area contributed by atoms with E-state index in [1.165, 1.54) is 47.0 Å². The van der Waals surface area contributed by atoms with E-state index in [4.69, 9.17) is 5.26 Å². The number of piperidine rings is 2. The third-order valence-electron chi connectivity index (χ3n) is 6.95. The first-order chi connectivity index (χ1) is 16.3. The number of carbonyl (C=O) groups excluding carboxylic acids is 1. The zero-order valence-electron chi connectivity index (χ0n) is 19.6. The molecule has 2 aromatic carbocycles. The van der Waals surface area contributed by atoms with Gasteiger partial charge >= 0.3 is 0 Å². The predicted octanol–water partition coefficient (Wildman–Crippen LogP) is 3.83. The standard InChI is InChI=1S/C26H32N4O3S/c1-20-10-14-29(15-11-20)19-22-2-6-24(7-3-22)28-26(31)23-12-16-30(17-13-23)34(32,33)25-8-4-21(18-27)5-9-25/h2-9,20,23H,10-17,19H2,1H3,(H,28,31). The fourth-order valence-corrected chi connectivity index (χ4v) is 6.09. The summed E-state index contributed by atoms with van der Waals surface area (Å²) in [4.78, 5) is 15.4. The number of nitriles is 1. The summed E-state index contributed by atoms with van der Waals surface area (Å²) in [7, 11) is -3.63. The topological polar surface area (TPSA) is 93.5 Å². The van der Waals surface area contributed by atoms with E-state index < -0.39 is 10.0 Å². The Morgan fingerprint density at radius 2 is 1.59 bits per heavy atom. The lowest BCUT2D eigenvalue weighted by Crippen LogP contribution is -2.41. The fraction of sp³-hybridized carbons (Fsp3) is 0.462. The average molecular weight is 481 g/mol. The number of sulfonamides is 1. The highest BCUT2D eigenvalue weighted by molar-refractivity contribution is 7.89. The molecule has 0 atom stereocenters. The molecule has 2 aliphatic heterocycles. The summed E-state index contributed by atoms with van der Waals surface area (Å²) >= 11 is 0. The molecular formula is C26H32N4O3S. The van der Waals surface area contributed by atoms with Crippen LogP contribution in [0.25, 0.3) is 0 Å². The molecule has 2 fully saturated rings. The van der Waals surface area contributed by atoms with Crippen LogP contribution in [0, 0.1) is 23.2 Å². The maximum absolute atomic E-state index is 12.9. The van der Waals surface area contributed by atoms with Gasteiger partial charge in [0.15, 0.2) is 0 Å². The molecule has 34 heavy (non-hydrogen) atoms. The highest BCUT2D eigenvalue weighted by atomic mass is 32.2. The van der Waals surface area contributed by atoms with Gasteiger partial charge in [0.25, 0.3) is 0 Å². The molecule has 2 aliphatic rings. The van der Waals surface area contributed by atoms with Crippen LogP contribution < -0.4 is 5.32 Å². The number of anilines is 1. The minimum Gasteiger partial charge on any atom is -0.326 e. The van der Waals surface area contributed by atoms with Crippen LogP contribution in [0.1, 0.15) is 43.7 Å². The first-order valence-electron chi connectivity index (χ1n) is 12.0. The molecule has 0 aromatic heterocycles. The SMILES string of the molecule is CC1CCN(Cc2ccc(NC(=O)C3CCN(S(=O)(=O)c4ccc(C#N)cc4)CC3)cc2)CC1. The normalized spacial score (nSPS) is 18.9. The van der Waals surface area contributed by atoms with E-state index in [9.17, 15) is 13.2 Å². The largest absolute Gasteiger partial charge is 0.326 e. The van der Waals surface area contributed by atoms with E-state index in [0.29, 0.717) is 31.5 Å². The summed E-state index contributed by atoms with van der Waals surface area (Å²) in [6.45, 7) is 6.13. The quantitative estimate of drug-likeness (QED) is 0.678. The molecule has 0 unspecified atom stereocenters. The van der Waals surface area contributed by atoms with Crippen LogP contribution in [-0.2, 0) is 21.4 Å². The zero-order chi connectivity index (χ0) is 24.1. The van der Waals surface area contributed by atoms with Crippen molar-refractivity contribution in [3.8, 4) is 6.07 Å². The van der Waals surface area contributed by atoms with Gasteiger partial charge in [0.05, 0.1) is 16.5 Å². The van der Waals surface area contributed by atoms with E-state index in [1.807, 2.05) is 18.2 Å². The van der Waals surface area contributed by atoms with Crippen molar-refractivity contribution < 1.29 is 13.2 Å². The number of amides is 1. The Morgan fingerprint density at radius 3 is 2.18 bits per heavy atom. The van der Waals surface area contributed by atoms with Crippen molar-refractivity contribution in [1.82, 2.24) is 9.21 Å². The van der Waals surface area contributed by atoms with Crippen molar-refractivity contribution in [2.24, 2.45) is 11.8 Å². The van der Waals surface area contributed by atoms with E-state index in [2.05, 4.69) is 29.3 Å². The smallest absolute Gasteiger partial charge is 0.243 e. The van der Waals surface area contributed by atoms with Gasteiger partial charge in [0.2, 0.25) is 15.9 Å². The van der Waals surface area contributed by atoms with Crippen LogP contribution in [0.15, 0.2) is 53.4 Å². The lowest BCUT2D eigenvalue weighted by atomic mass is 9.97. The third kappa shape index (κ3) is 5.84. The highest BCUT2D eigenvalue weighted by Crippen LogP contribution is 2.25. The molecule has 2 saturated heterocycles. The molecule has 7 nitrogen and oxygen atoms in total. The van der Waals surface area contributed by atoms with Gasteiger partial charge in [-0.2, -0.15) is 9.57 Å². The maximum Gasteiger partial charge on any atom is 0.243 e. The predicted molar refractivity (Wildman–Crippen MR) is 131 cm³/mol. The first-order valence-corrected chi connectivity index (χ1v) is 13.4. The van der Waals surface area contributed by atoms with Crippen LogP contribution in [-0.4, -0.2) is 49.7 Å². The molecule has 8 heteroatoms. The monoisotopic (exact) mass is 480 g/mol. The van der Waals surface area contributed by atoms with Crippen molar-refractivity contribution in [3.05, 3.63) is 59.7 Å². The van der Waals surface area contributed by atoms with Gasteiger partial charge in [-0.05, 0) is 86.7 Å². The maximum atomic E-state index is 12.9. The molecule has 2 heterocycles. The van der Waals surface area contributed by atoms with E-state index in [0.717, 1.165) is 31.2 Å². The Kier molecular flexibility index (Phi) is 7.67. The van der Waals surface area contributed by atoms with E-state index in [-0.39, 0.29) is 16.7 Å². The lowest BCUT2D eigenvalue weighted by Gasteiger charge is -2.30. The molecule has 0 bridgehead atoms. The van der Waals surface area contributed by atoms with Gasteiger partial charge in [-0.1, -0.05) is 19.1 Å².